The quantitative estimate of drug-likeness (QED) is 0.681. The Balaban J connectivity index is 2.34. The van der Waals surface area contributed by atoms with Gasteiger partial charge >= 0.3 is 12.0 Å². The summed E-state index contributed by atoms with van der Waals surface area (Å²) in [5.74, 6) is -1.04. The average Bonchev–Trinajstić information content (AvgIpc) is 2.78. The van der Waals surface area contributed by atoms with Gasteiger partial charge in [-0.15, -0.1) is 0 Å². The Morgan fingerprint density at radius 1 is 1.59 bits per heavy atom. The Bertz CT molecular complexity index is 364. The third-order valence-electron chi connectivity index (χ3n) is 2.10. The van der Waals surface area contributed by atoms with Gasteiger partial charge in [-0.2, -0.15) is 0 Å². The number of amides is 2. The minimum Gasteiger partial charge on any atom is -0.480 e. The van der Waals surface area contributed by atoms with Gasteiger partial charge in [-0.05, 0) is 6.42 Å². The highest BCUT2D eigenvalue weighted by Crippen LogP contribution is 1.97. The maximum Gasteiger partial charge on any atom is 0.326 e. The van der Waals surface area contributed by atoms with Gasteiger partial charge in [0, 0.05) is 6.07 Å². The molecule has 0 saturated heterocycles. The lowest BCUT2D eigenvalue weighted by Crippen LogP contribution is -2.45. The maximum atomic E-state index is 11.4. The van der Waals surface area contributed by atoms with Gasteiger partial charge in [-0.25, -0.2) is 9.59 Å². The molecule has 0 aliphatic carbocycles. The highest BCUT2D eigenvalue weighted by Gasteiger charge is 2.18. The standard InChI is InChI=1S/C10H15N3O4/c1-2-3-8(9(14)15)12-10(16)11-6-7-4-5-17-13-7/h4-5,8H,2-3,6H2,1H3,(H,14,15)(H2,11,12,16)/t8-/m1/s1. The lowest BCUT2D eigenvalue weighted by atomic mass is 10.2. The van der Waals surface area contributed by atoms with Gasteiger partial charge in [-0.3, -0.25) is 0 Å². The van der Waals surface area contributed by atoms with Crippen molar-refractivity contribution in [2.24, 2.45) is 0 Å². The molecular weight excluding hydrogens is 226 g/mol. The van der Waals surface area contributed by atoms with Crippen LogP contribution in [-0.4, -0.2) is 28.3 Å². The molecule has 0 spiro atoms. The highest BCUT2D eigenvalue weighted by atomic mass is 16.5. The summed E-state index contributed by atoms with van der Waals surface area (Å²) in [5, 5.41) is 17.3. The van der Waals surface area contributed by atoms with Gasteiger partial charge in [0.2, 0.25) is 0 Å². The summed E-state index contributed by atoms with van der Waals surface area (Å²) in [5.41, 5.74) is 0.572. The zero-order valence-electron chi connectivity index (χ0n) is 9.47. The van der Waals surface area contributed by atoms with Crippen molar-refractivity contribution in [2.75, 3.05) is 0 Å². The van der Waals surface area contributed by atoms with E-state index in [0.717, 1.165) is 0 Å². The molecule has 1 rings (SSSR count). The number of aromatic nitrogens is 1. The number of nitrogens with zero attached hydrogens (tertiary/aromatic N) is 1. The van der Waals surface area contributed by atoms with Crippen LogP contribution >= 0.6 is 0 Å². The fourth-order valence-electron chi connectivity index (χ4n) is 1.25. The van der Waals surface area contributed by atoms with E-state index < -0.39 is 18.0 Å². The van der Waals surface area contributed by atoms with E-state index in [4.69, 9.17) is 5.11 Å². The fraction of sp³-hybridized carbons (Fsp3) is 0.500. The van der Waals surface area contributed by atoms with E-state index in [1.807, 2.05) is 6.92 Å². The predicted molar refractivity (Wildman–Crippen MR) is 58.2 cm³/mol. The van der Waals surface area contributed by atoms with Crippen molar-refractivity contribution in [3.8, 4) is 0 Å². The molecule has 1 aromatic rings. The first-order valence-corrected chi connectivity index (χ1v) is 5.30. The molecule has 0 aromatic carbocycles. The molecule has 94 valence electrons. The normalized spacial score (nSPS) is 11.8. The zero-order valence-corrected chi connectivity index (χ0v) is 9.47. The molecule has 1 heterocycles. The molecule has 2 amide bonds. The van der Waals surface area contributed by atoms with Crippen LogP contribution in [0.4, 0.5) is 4.79 Å². The van der Waals surface area contributed by atoms with Crippen molar-refractivity contribution >= 4 is 12.0 Å². The first-order chi connectivity index (χ1) is 8.13. The molecule has 0 unspecified atom stereocenters. The minimum absolute atomic E-state index is 0.195. The van der Waals surface area contributed by atoms with Crippen LogP contribution in [0.5, 0.6) is 0 Å². The average molecular weight is 241 g/mol. The lowest BCUT2D eigenvalue weighted by Gasteiger charge is -2.13. The number of nitrogens with one attached hydrogen (secondary N) is 2. The first-order valence-electron chi connectivity index (χ1n) is 5.30. The van der Waals surface area contributed by atoms with Gasteiger partial charge in [0.1, 0.15) is 18.0 Å². The van der Waals surface area contributed by atoms with Crippen LogP contribution in [0.25, 0.3) is 0 Å². The highest BCUT2D eigenvalue weighted by molar-refractivity contribution is 5.82. The summed E-state index contributed by atoms with van der Waals surface area (Å²) in [6, 6.07) is 0.215. The van der Waals surface area contributed by atoms with Gasteiger partial charge in [0.25, 0.3) is 0 Å². The van der Waals surface area contributed by atoms with E-state index in [1.165, 1.54) is 6.26 Å². The molecule has 0 aliphatic heterocycles. The Morgan fingerprint density at radius 3 is 2.88 bits per heavy atom. The fourth-order valence-corrected chi connectivity index (χ4v) is 1.25. The number of carboxylic acids is 1. The molecule has 0 saturated carbocycles. The summed E-state index contributed by atoms with van der Waals surface area (Å²) in [6.45, 7) is 2.05. The number of aliphatic carboxylic acids is 1. The number of carbonyl (C=O) groups excluding carboxylic acids is 1. The van der Waals surface area contributed by atoms with Crippen molar-refractivity contribution in [3.05, 3.63) is 18.0 Å². The van der Waals surface area contributed by atoms with Crippen molar-refractivity contribution in [1.82, 2.24) is 15.8 Å². The summed E-state index contributed by atoms with van der Waals surface area (Å²) in [4.78, 5) is 22.2. The SMILES string of the molecule is CCC[C@@H](NC(=O)NCc1ccon1)C(=O)O. The Morgan fingerprint density at radius 2 is 2.35 bits per heavy atom. The van der Waals surface area contributed by atoms with E-state index in [1.54, 1.807) is 6.07 Å². The Labute approximate surface area is 98.2 Å². The van der Waals surface area contributed by atoms with Crippen molar-refractivity contribution in [1.29, 1.82) is 0 Å². The van der Waals surface area contributed by atoms with Gasteiger partial charge < -0.3 is 20.3 Å². The second-order valence-electron chi connectivity index (χ2n) is 3.50. The third-order valence-corrected chi connectivity index (χ3v) is 2.10. The molecule has 0 aliphatic rings. The molecule has 7 heteroatoms. The van der Waals surface area contributed by atoms with Crippen LogP contribution in [0.2, 0.25) is 0 Å². The molecule has 7 nitrogen and oxygen atoms in total. The molecule has 3 N–H and O–H groups in total. The number of urea groups is 1. The van der Waals surface area contributed by atoms with Gasteiger partial charge in [-0.1, -0.05) is 18.5 Å². The predicted octanol–water partition coefficient (Wildman–Crippen LogP) is 0.727. The van der Waals surface area contributed by atoms with Crippen LogP contribution in [0.15, 0.2) is 16.9 Å². The molecule has 0 radical (unpaired) electrons. The van der Waals surface area contributed by atoms with Gasteiger partial charge in [0.05, 0.1) is 6.54 Å². The van der Waals surface area contributed by atoms with E-state index in [2.05, 4.69) is 20.3 Å². The smallest absolute Gasteiger partial charge is 0.326 e. The lowest BCUT2D eigenvalue weighted by molar-refractivity contribution is -0.139. The second-order valence-corrected chi connectivity index (χ2v) is 3.50. The number of hydrogen-bond donors (Lipinski definition) is 3. The molecular formula is C10H15N3O4. The van der Waals surface area contributed by atoms with Crippen molar-refractivity contribution < 1.29 is 19.2 Å². The summed E-state index contributed by atoms with van der Waals surface area (Å²) in [6.07, 6.45) is 2.47. The largest absolute Gasteiger partial charge is 0.480 e. The van der Waals surface area contributed by atoms with E-state index in [0.29, 0.717) is 18.5 Å². The molecule has 0 fully saturated rings. The molecule has 1 atom stereocenters. The van der Waals surface area contributed by atoms with Crippen LogP contribution in [0.1, 0.15) is 25.5 Å². The monoisotopic (exact) mass is 241 g/mol. The molecule has 17 heavy (non-hydrogen) atoms. The van der Waals surface area contributed by atoms with E-state index in [9.17, 15) is 9.59 Å². The van der Waals surface area contributed by atoms with E-state index in [-0.39, 0.29) is 6.54 Å². The van der Waals surface area contributed by atoms with Crippen LogP contribution in [0.3, 0.4) is 0 Å². The minimum atomic E-state index is -1.04. The van der Waals surface area contributed by atoms with Crippen LogP contribution in [-0.2, 0) is 11.3 Å². The number of carboxylic acid groups (broad SMARTS) is 1. The Hall–Kier alpha value is -2.05. The van der Waals surface area contributed by atoms with Crippen molar-refractivity contribution in [3.63, 3.8) is 0 Å². The number of rotatable bonds is 6. The van der Waals surface area contributed by atoms with Crippen LogP contribution in [0, 0.1) is 0 Å². The molecule has 0 bridgehead atoms. The summed E-state index contributed by atoms with van der Waals surface area (Å²) < 4.78 is 4.59. The maximum absolute atomic E-state index is 11.4. The zero-order chi connectivity index (χ0) is 12.7. The van der Waals surface area contributed by atoms with E-state index >= 15 is 0 Å². The Kier molecular flexibility index (Phi) is 4.99. The van der Waals surface area contributed by atoms with Gasteiger partial charge in [0.15, 0.2) is 0 Å². The summed E-state index contributed by atoms with van der Waals surface area (Å²) >= 11 is 0. The van der Waals surface area contributed by atoms with Crippen molar-refractivity contribution in [2.45, 2.75) is 32.4 Å². The number of carbonyl (C=O) groups is 2. The number of hydrogen-bond acceptors (Lipinski definition) is 4. The van der Waals surface area contributed by atoms with Crippen LogP contribution < -0.4 is 10.6 Å². The summed E-state index contributed by atoms with van der Waals surface area (Å²) in [7, 11) is 0. The third kappa shape index (κ3) is 4.54. The first kappa shape index (κ1) is 13.0. The second kappa shape index (κ2) is 6.51. The topological polar surface area (TPSA) is 104 Å². The molecule has 1 aromatic heterocycles.